The minimum atomic E-state index is -0.655. The number of hydrogen-bond acceptors (Lipinski definition) is 3. The molecule has 1 atom stereocenters. The average molecular weight is 257 g/mol. The molecule has 0 saturated carbocycles. The highest BCUT2D eigenvalue weighted by atomic mass is 35.5. The van der Waals surface area contributed by atoms with Gasteiger partial charge in [-0.15, -0.1) is 0 Å². The predicted octanol–water partition coefficient (Wildman–Crippen LogP) is 1.88. The van der Waals surface area contributed by atoms with Crippen molar-refractivity contribution in [3.63, 3.8) is 0 Å². The number of pyridine rings is 1. The summed E-state index contributed by atoms with van der Waals surface area (Å²) in [7, 11) is 0. The molecule has 0 spiro atoms. The highest BCUT2D eigenvalue weighted by Gasteiger charge is 2.33. The van der Waals surface area contributed by atoms with Crippen LogP contribution in [-0.2, 0) is 4.79 Å². The van der Waals surface area contributed by atoms with E-state index in [-0.39, 0.29) is 22.5 Å². The first-order valence-corrected chi connectivity index (χ1v) is 5.52. The summed E-state index contributed by atoms with van der Waals surface area (Å²) in [5, 5.41) is -0.0937. The molecule has 2 heterocycles. The summed E-state index contributed by atoms with van der Waals surface area (Å²) in [6.45, 7) is 2.21. The first-order valence-electron chi connectivity index (χ1n) is 5.14. The van der Waals surface area contributed by atoms with Gasteiger partial charge in [0, 0.05) is 13.0 Å². The van der Waals surface area contributed by atoms with E-state index in [1.807, 2.05) is 6.92 Å². The van der Waals surface area contributed by atoms with Crippen LogP contribution in [-0.4, -0.2) is 28.2 Å². The molecule has 0 aromatic carbocycles. The van der Waals surface area contributed by atoms with Gasteiger partial charge in [0.1, 0.15) is 11.0 Å². The van der Waals surface area contributed by atoms with Gasteiger partial charge in [0.25, 0.3) is 5.91 Å². The fourth-order valence-electron chi connectivity index (χ4n) is 1.80. The van der Waals surface area contributed by atoms with Crippen molar-refractivity contribution in [3.05, 3.63) is 28.8 Å². The van der Waals surface area contributed by atoms with Crippen LogP contribution in [0, 0.1) is 11.7 Å². The van der Waals surface area contributed by atoms with Crippen molar-refractivity contribution in [2.75, 3.05) is 6.54 Å². The van der Waals surface area contributed by atoms with E-state index in [4.69, 9.17) is 11.6 Å². The van der Waals surface area contributed by atoms with Gasteiger partial charge in [0.05, 0.1) is 11.8 Å². The third-order valence-electron chi connectivity index (χ3n) is 2.60. The average Bonchev–Trinajstić information content (AvgIpc) is 2.60. The molecule has 4 nitrogen and oxygen atoms in total. The molecule has 1 unspecified atom stereocenters. The molecule has 17 heavy (non-hydrogen) atoms. The minimum Gasteiger partial charge on any atom is -0.278 e. The molecule has 0 radical (unpaired) electrons. The summed E-state index contributed by atoms with van der Waals surface area (Å²) in [6.07, 6.45) is 1.25. The number of carbonyl (C=O) groups excluding carboxylic acids is 2. The summed E-state index contributed by atoms with van der Waals surface area (Å²) in [5.74, 6) is -1.39. The largest absolute Gasteiger partial charge is 0.278 e. The van der Waals surface area contributed by atoms with Crippen molar-refractivity contribution >= 4 is 23.4 Å². The Balaban J connectivity index is 2.31. The Labute approximate surface area is 102 Å². The summed E-state index contributed by atoms with van der Waals surface area (Å²) >= 11 is 5.72. The number of carbonyl (C=O) groups is 2. The van der Waals surface area contributed by atoms with Crippen LogP contribution in [0.25, 0.3) is 0 Å². The number of likely N-dealkylation sites (tertiary alicyclic amines) is 1. The molecule has 0 bridgehead atoms. The number of hydrogen-bond donors (Lipinski definition) is 0. The Kier molecular flexibility index (Phi) is 3.11. The van der Waals surface area contributed by atoms with E-state index in [0.717, 1.165) is 17.2 Å². The van der Waals surface area contributed by atoms with Gasteiger partial charge in [-0.1, -0.05) is 18.5 Å². The molecule has 1 aliphatic heterocycles. The molecule has 1 fully saturated rings. The number of amides is 2. The number of aromatic nitrogens is 1. The predicted molar refractivity (Wildman–Crippen MR) is 59.0 cm³/mol. The fraction of sp³-hybridized carbons (Fsp3) is 0.364. The summed E-state index contributed by atoms with van der Waals surface area (Å²) in [6, 6.07) is 0.994. The lowest BCUT2D eigenvalue weighted by atomic mass is 10.2. The van der Waals surface area contributed by atoms with E-state index in [0.29, 0.717) is 13.0 Å². The first-order chi connectivity index (χ1) is 7.99. The van der Waals surface area contributed by atoms with Gasteiger partial charge in [0.15, 0.2) is 0 Å². The van der Waals surface area contributed by atoms with E-state index >= 15 is 0 Å². The highest BCUT2D eigenvalue weighted by Crippen LogP contribution is 2.22. The molecular formula is C11H10ClFN2O2. The van der Waals surface area contributed by atoms with E-state index in [9.17, 15) is 14.0 Å². The Morgan fingerprint density at radius 2 is 2.35 bits per heavy atom. The zero-order chi connectivity index (χ0) is 12.6. The van der Waals surface area contributed by atoms with Gasteiger partial charge >= 0.3 is 0 Å². The maximum atomic E-state index is 13.0. The molecule has 1 saturated heterocycles. The molecule has 0 N–H and O–H groups in total. The van der Waals surface area contributed by atoms with Crippen molar-refractivity contribution in [2.24, 2.45) is 5.92 Å². The second-order valence-corrected chi connectivity index (χ2v) is 4.47. The van der Waals surface area contributed by atoms with Gasteiger partial charge in [-0.2, -0.15) is 0 Å². The van der Waals surface area contributed by atoms with Crippen LogP contribution in [0.5, 0.6) is 0 Å². The number of rotatable bonds is 1. The zero-order valence-corrected chi connectivity index (χ0v) is 9.87. The van der Waals surface area contributed by atoms with Crippen LogP contribution in [0.4, 0.5) is 4.39 Å². The lowest BCUT2D eigenvalue weighted by molar-refractivity contribution is -0.125. The molecule has 6 heteroatoms. The van der Waals surface area contributed by atoms with Crippen LogP contribution in [0.2, 0.25) is 5.15 Å². The molecule has 2 rings (SSSR count). The summed E-state index contributed by atoms with van der Waals surface area (Å²) in [4.78, 5) is 28.2. The molecule has 2 amide bonds. The normalized spacial score (nSPS) is 19.8. The summed E-state index contributed by atoms with van der Waals surface area (Å²) < 4.78 is 13.0. The zero-order valence-electron chi connectivity index (χ0n) is 9.11. The number of nitrogens with zero attached hydrogens (tertiary/aromatic N) is 2. The van der Waals surface area contributed by atoms with E-state index in [2.05, 4.69) is 4.98 Å². The van der Waals surface area contributed by atoms with Crippen molar-refractivity contribution in [1.29, 1.82) is 0 Å². The lowest BCUT2D eigenvalue weighted by Gasteiger charge is -2.14. The topological polar surface area (TPSA) is 50.3 Å². The Bertz CT molecular complexity index is 492. The van der Waals surface area contributed by atoms with Gasteiger partial charge in [-0.05, 0) is 12.0 Å². The SMILES string of the molecule is CC1CC(=O)N(C(=O)c2cc(F)cnc2Cl)C1. The molecule has 90 valence electrons. The lowest BCUT2D eigenvalue weighted by Crippen LogP contribution is -2.32. The number of imide groups is 1. The summed E-state index contributed by atoms with van der Waals surface area (Å²) in [5.41, 5.74) is -0.0749. The maximum absolute atomic E-state index is 13.0. The molecule has 1 aliphatic rings. The number of halogens is 2. The first kappa shape index (κ1) is 12.0. The van der Waals surface area contributed by atoms with Crippen molar-refractivity contribution < 1.29 is 14.0 Å². The monoisotopic (exact) mass is 256 g/mol. The van der Waals surface area contributed by atoms with Crippen molar-refractivity contribution in [1.82, 2.24) is 9.88 Å². The maximum Gasteiger partial charge on any atom is 0.263 e. The van der Waals surface area contributed by atoms with Crippen LogP contribution >= 0.6 is 11.6 Å². The molecule has 1 aromatic rings. The van der Waals surface area contributed by atoms with Crippen LogP contribution in [0.1, 0.15) is 23.7 Å². The molecule has 0 aliphatic carbocycles. The van der Waals surface area contributed by atoms with Gasteiger partial charge in [0.2, 0.25) is 5.91 Å². The van der Waals surface area contributed by atoms with E-state index < -0.39 is 11.7 Å². The van der Waals surface area contributed by atoms with Gasteiger partial charge < -0.3 is 0 Å². The Hall–Kier alpha value is -1.49. The van der Waals surface area contributed by atoms with Gasteiger partial charge in [-0.3, -0.25) is 14.5 Å². The second kappa shape index (κ2) is 4.41. The van der Waals surface area contributed by atoms with E-state index in [1.54, 1.807) is 0 Å². The van der Waals surface area contributed by atoms with Crippen LogP contribution in [0.15, 0.2) is 12.3 Å². The molecular weight excluding hydrogens is 247 g/mol. The highest BCUT2D eigenvalue weighted by molar-refractivity contribution is 6.33. The van der Waals surface area contributed by atoms with Crippen LogP contribution < -0.4 is 0 Å². The van der Waals surface area contributed by atoms with Gasteiger partial charge in [-0.25, -0.2) is 9.37 Å². The quantitative estimate of drug-likeness (QED) is 0.569. The van der Waals surface area contributed by atoms with E-state index in [1.165, 1.54) is 0 Å². The smallest absolute Gasteiger partial charge is 0.263 e. The van der Waals surface area contributed by atoms with Crippen molar-refractivity contribution in [3.8, 4) is 0 Å². The third kappa shape index (κ3) is 2.29. The molecule has 1 aromatic heterocycles. The van der Waals surface area contributed by atoms with Crippen LogP contribution in [0.3, 0.4) is 0 Å². The Morgan fingerprint density at radius 1 is 1.65 bits per heavy atom. The van der Waals surface area contributed by atoms with Crippen molar-refractivity contribution in [2.45, 2.75) is 13.3 Å². The second-order valence-electron chi connectivity index (χ2n) is 4.11. The standard InChI is InChI=1S/C11H10ClFN2O2/c1-6-2-9(16)15(5-6)11(17)8-3-7(13)4-14-10(8)12/h3-4,6H,2,5H2,1H3. The fourth-order valence-corrected chi connectivity index (χ4v) is 1.98. The third-order valence-corrected chi connectivity index (χ3v) is 2.90. The minimum absolute atomic E-state index is 0.0749. The Morgan fingerprint density at radius 3 is 2.94 bits per heavy atom.